The molecule has 3 nitrogen and oxygen atoms in total. The van der Waals surface area contributed by atoms with Gasteiger partial charge in [0.2, 0.25) is 0 Å². The first kappa shape index (κ1) is 13.1. The number of hydrogen-bond donors (Lipinski definition) is 1. The van der Waals surface area contributed by atoms with Crippen molar-refractivity contribution in [3.63, 3.8) is 0 Å². The molecule has 1 saturated carbocycles. The zero-order valence-electron chi connectivity index (χ0n) is 11.1. The molecular formula is C14H25NO2. The maximum Gasteiger partial charge on any atom is 0.0726 e. The highest BCUT2D eigenvalue weighted by Crippen LogP contribution is 2.39. The molecule has 3 atom stereocenters. The number of allylic oxidation sites excluding steroid dienone is 1. The lowest BCUT2D eigenvalue weighted by Gasteiger charge is -2.50. The van der Waals surface area contributed by atoms with Crippen molar-refractivity contribution in [3.8, 4) is 0 Å². The quantitative estimate of drug-likeness (QED) is 0.746. The van der Waals surface area contributed by atoms with Crippen molar-refractivity contribution in [2.24, 2.45) is 5.92 Å². The first-order valence-electron chi connectivity index (χ1n) is 6.70. The summed E-state index contributed by atoms with van der Waals surface area (Å²) in [6.45, 7) is 11.8. The van der Waals surface area contributed by atoms with Crippen LogP contribution in [0.2, 0.25) is 0 Å². The van der Waals surface area contributed by atoms with Crippen molar-refractivity contribution in [2.45, 2.75) is 44.8 Å². The molecule has 17 heavy (non-hydrogen) atoms. The predicted octanol–water partition coefficient (Wildman–Crippen LogP) is 1.81. The summed E-state index contributed by atoms with van der Waals surface area (Å²) < 4.78 is 5.39. The summed E-state index contributed by atoms with van der Waals surface area (Å²) in [5, 5.41) is 10.5. The second kappa shape index (κ2) is 5.09. The molecule has 2 aliphatic rings. The number of aliphatic hydroxyl groups is 1. The molecule has 0 aromatic heterocycles. The smallest absolute Gasteiger partial charge is 0.0726 e. The highest BCUT2D eigenvalue weighted by molar-refractivity contribution is 5.06. The van der Waals surface area contributed by atoms with Gasteiger partial charge in [-0.25, -0.2) is 0 Å². The van der Waals surface area contributed by atoms with Gasteiger partial charge < -0.3 is 9.84 Å². The van der Waals surface area contributed by atoms with E-state index in [4.69, 9.17) is 4.74 Å². The Hall–Kier alpha value is -0.380. The SMILES string of the molecule is C=C(C)[C@H]1CC[C@@](C)(N2CCOCC2)[C@H](O)C1. The molecule has 0 radical (unpaired) electrons. The van der Waals surface area contributed by atoms with Crippen LogP contribution in [-0.2, 0) is 4.74 Å². The molecule has 0 unspecified atom stereocenters. The van der Waals surface area contributed by atoms with Gasteiger partial charge in [-0.2, -0.15) is 0 Å². The second-order valence-corrected chi connectivity index (χ2v) is 5.79. The Bertz CT molecular complexity index is 286. The topological polar surface area (TPSA) is 32.7 Å². The van der Waals surface area contributed by atoms with E-state index in [9.17, 15) is 5.11 Å². The van der Waals surface area contributed by atoms with Gasteiger partial charge in [0, 0.05) is 18.6 Å². The fourth-order valence-electron chi connectivity index (χ4n) is 3.16. The molecule has 1 aliphatic heterocycles. The molecule has 0 spiro atoms. The molecule has 1 saturated heterocycles. The standard InChI is InChI=1S/C14H25NO2/c1-11(2)12-4-5-14(3,13(16)10-12)15-6-8-17-9-7-15/h12-13,16H,1,4-10H2,2-3H3/t12-,13+,14+/m0/s1. The van der Waals surface area contributed by atoms with Gasteiger partial charge in [0.1, 0.15) is 0 Å². The highest BCUT2D eigenvalue weighted by atomic mass is 16.5. The molecule has 1 N–H and O–H groups in total. The van der Waals surface area contributed by atoms with Crippen LogP contribution >= 0.6 is 0 Å². The van der Waals surface area contributed by atoms with Crippen molar-refractivity contribution in [3.05, 3.63) is 12.2 Å². The van der Waals surface area contributed by atoms with Crippen LogP contribution < -0.4 is 0 Å². The van der Waals surface area contributed by atoms with E-state index < -0.39 is 0 Å². The maximum absolute atomic E-state index is 10.5. The molecule has 1 heterocycles. The van der Waals surface area contributed by atoms with Crippen molar-refractivity contribution in [1.82, 2.24) is 4.90 Å². The first-order chi connectivity index (χ1) is 8.04. The average Bonchev–Trinajstić information content (AvgIpc) is 2.33. The summed E-state index contributed by atoms with van der Waals surface area (Å²) in [6, 6.07) is 0. The lowest BCUT2D eigenvalue weighted by atomic mass is 9.72. The summed E-state index contributed by atoms with van der Waals surface area (Å²) in [5.74, 6) is 0.499. The Morgan fingerprint density at radius 3 is 2.59 bits per heavy atom. The summed E-state index contributed by atoms with van der Waals surface area (Å²) in [5.41, 5.74) is 1.16. The van der Waals surface area contributed by atoms with Crippen LogP contribution in [0.15, 0.2) is 12.2 Å². The summed E-state index contributed by atoms with van der Waals surface area (Å²) in [4.78, 5) is 2.41. The molecular weight excluding hydrogens is 214 g/mol. The van der Waals surface area contributed by atoms with Crippen LogP contribution in [-0.4, -0.2) is 48.0 Å². The second-order valence-electron chi connectivity index (χ2n) is 5.79. The molecule has 0 bridgehead atoms. The zero-order valence-corrected chi connectivity index (χ0v) is 11.1. The number of morpholine rings is 1. The molecule has 2 fully saturated rings. The normalized spacial score (nSPS) is 40.2. The first-order valence-corrected chi connectivity index (χ1v) is 6.70. The van der Waals surface area contributed by atoms with Crippen LogP contribution in [0.4, 0.5) is 0 Å². The van der Waals surface area contributed by atoms with Gasteiger partial charge in [0.25, 0.3) is 0 Å². The molecule has 0 aromatic rings. The maximum atomic E-state index is 10.5. The van der Waals surface area contributed by atoms with Gasteiger partial charge in [0.15, 0.2) is 0 Å². The van der Waals surface area contributed by atoms with Gasteiger partial charge in [-0.3, -0.25) is 4.90 Å². The number of rotatable bonds is 2. The number of nitrogens with zero attached hydrogens (tertiary/aromatic N) is 1. The Morgan fingerprint density at radius 2 is 2.06 bits per heavy atom. The van der Waals surface area contributed by atoms with E-state index in [1.807, 2.05) is 0 Å². The molecule has 3 heteroatoms. The lowest BCUT2D eigenvalue weighted by molar-refractivity contribution is -0.0936. The fourth-order valence-corrected chi connectivity index (χ4v) is 3.16. The van der Waals surface area contributed by atoms with Crippen LogP contribution in [0.1, 0.15) is 33.1 Å². The van der Waals surface area contributed by atoms with Gasteiger partial charge in [0.05, 0.1) is 19.3 Å². The molecule has 1 aliphatic carbocycles. The monoisotopic (exact) mass is 239 g/mol. The van der Waals surface area contributed by atoms with E-state index in [2.05, 4.69) is 25.3 Å². The number of ether oxygens (including phenoxy) is 1. The zero-order chi connectivity index (χ0) is 12.5. The van der Waals surface area contributed by atoms with Crippen molar-refractivity contribution < 1.29 is 9.84 Å². The third-order valence-electron chi connectivity index (χ3n) is 4.66. The molecule has 0 amide bonds. The highest BCUT2D eigenvalue weighted by Gasteiger charge is 2.43. The van der Waals surface area contributed by atoms with Crippen LogP contribution in [0.25, 0.3) is 0 Å². The lowest BCUT2D eigenvalue weighted by Crippen LogP contribution is -2.60. The fraction of sp³-hybridized carbons (Fsp3) is 0.857. The van der Waals surface area contributed by atoms with Crippen LogP contribution in [0, 0.1) is 5.92 Å². The van der Waals surface area contributed by atoms with Crippen molar-refractivity contribution in [2.75, 3.05) is 26.3 Å². The number of hydrogen-bond acceptors (Lipinski definition) is 3. The molecule has 98 valence electrons. The van der Waals surface area contributed by atoms with Crippen molar-refractivity contribution >= 4 is 0 Å². The van der Waals surface area contributed by atoms with Gasteiger partial charge in [-0.05, 0) is 39.0 Å². The predicted molar refractivity (Wildman–Crippen MR) is 69.0 cm³/mol. The Labute approximate surface area is 104 Å². The van der Waals surface area contributed by atoms with E-state index in [0.717, 1.165) is 45.6 Å². The van der Waals surface area contributed by atoms with Gasteiger partial charge in [-0.15, -0.1) is 0 Å². The summed E-state index contributed by atoms with van der Waals surface area (Å²) in [7, 11) is 0. The largest absolute Gasteiger partial charge is 0.391 e. The molecule has 2 rings (SSSR count). The van der Waals surface area contributed by atoms with Crippen molar-refractivity contribution in [1.29, 1.82) is 0 Å². The van der Waals surface area contributed by atoms with E-state index in [0.29, 0.717) is 5.92 Å². The third kappa shape index (κ3) is 2.56. The Morgan fingerprint density at radius 1 is 1.41 bits per heavy atom. The average molecular weight is 239 g/mol. The number of aliphatic hydroxyl groups excluding tert-OH is 1. The van der Waals surface area contributed by atoms with Gasteiger partial charge >= 0.3 is 0 Å². The Kier molecular flexibility index (Phi) is 3.91. The van der Waals surface area contributed by atoms with E-state index in [1.54, 1.807) is 0 Å². The Balaban J connectivity index is 2.03. The summed E-state index contributed by atoms with van der Waals surface area (Å²) >= 11 is 0. The van der Waals surface area contributed by atoms with E-state index in [-0.39, 0.29) is 11.6 Å². The minimum atomic E-state index is -0.240. The van der Waals surface area contributed by atoms with Gasteiger partial charge in [-0.1, -0.05) is 12.2 Å². The molecule has 0 aromatic carbocycles. The minimum absolute atomic E-state index is 0.0598. The van der Waals surface area contributed by atoms with Crippen LogP contribution in [0.3, 0.4) is 0 Å². The third-order valence-corrected chi connectivity index (χ3v) is 4.66. The van der Waals surface area contributed by atoms with E-state index >= 15 is 0 Å². The van der Waals surface area contributed by atoms with Crippen LogP contribution in [0.5, 0.6) is 0 Å². The minimum Gasteiger partial charge on any atom is -0.391 e. The van der Waals surface area contributed by atoms with E-state index in [1.165, 1.54) is 5.57 Å². The summed E-state index contributed by atoms with van der Waals surface area (Å²) in [6.07, 6.45) is 2.84.